The number of unbranched alkanes of at least 4 members (excludes halogenated alkanes) is 18. The second-order valence-electron chi connectivity index (χ2n) is 15.6. The number of nitrogens with zero attached hydrogens (tertiary/aromatic N) is 2. The van der Waals surface area contributed by atoms with Gasteiger partial charge in [0.15, 0.2) is 18.9 Å². The summed E-state index contributed by atoms with van der Waals surface area (Å²) in [5, 5.41) is 9.01. The number of hydrogen-bond donors (Lipinski definition) is 3. The normalized spacial score (nSPS) is 11.8. The minimum Gasteiger partial charge on any atom is -0.378 e. The van der Waals surface area contributed by atoms with Gasteiger partial charge >= 0.3 is 0 Å². The van der Waals surface area contributed by atoms with Crippen LogP contribution in [0.3, 0.4) is 0 Å². The lowest BCUT2D eigenvalue weighted by Crippen LogP contribution is -2.48. The molecule has 1 heterocycles. The molecule has 1 atom stereocenters. The van der Waals surface area contributed by atoms with E-state index in [1.54, 1.807) is 0 Å². The molecule has 0 spiro atoms. The van der Waals surface area contributed by atoms with Crippen LogP contribution in [0.4, 0.5) is 5.69 Å². The lowest BCUT2D eigenvalue weighted by Gasteiger charge is -2.18. The third-order valence-electron chi connectivity index (χ3n) is 10.4. The van der Waals surface area contributed by atoms with Crippen LogP contribution in [0.5, 0.6) is 0 Å². The van der Waals surface area contributed by atoms with Crippen molar-refractivity contribution < 1.29 is 19.0 Å². The van der Waals surface area contributed by atoms with Crippen molar-refractivity contribution in [3.05, 3.63) is 59.9 Å². The molecule has 0 bridgehead atoms. The molecule has 8 heteroatoms. The Morgan fingerprint density at radius 1 is 0.582 bits per heavy atom. The summed E-state index contributed by atoms with van der Waals surface area (Å²) in [4.78, 5) is 41.1. The number of pyridine rings is 1. The van der Waals surface area contributed by atoms with Gasteiger partial charge in [-0.2, -0.15) is 0 Å². The minimum absolute atomic E-state index is 0.0621. The number of hydrogen-bond acceptors (Lipinski definition) is 4. The molecule has 2 aromatic rings. The fourth-order valence-electron chi connectivity index (χ4n) is 6.72. The number of rotatable bonds is 33. The van der Waals surface area contributed by atoms with E-state index < -0.39 is 6.04 Å². The first-order chi connectivity index (χ1) is 26.8. The Morgan fingerprint density at radius 2 is 1.04 bits per heavy atom. The van der Waals surface area contributed by atoms with Crippen LogP contribution in [0.2, 0.25) is 0 Å². The SMILES string of the molecule is CCCCCCCCCCCCNC(=O)CC[C@H](NC(=O)CC[n+]1ccc(C=Cc2ccc(N(C)C)cc2)cc1)C(=O)NCCCCCCCCCCCC. The van der Waals surface area contributed by atoms with Crippen LogP contribution in [0.1, 0.15) is 173 Å². The van der Waals surface area contributed by atoms with Gasteiger partial charge in [0.05, 0.1) is 6.42 Å². The van der Waals surface area contributed by atoms with E-state index in [0.29, 0.717) is 19.6 Å². The Bertz CT molecular complexity index is 1310. The van der Waals surface area contributed by atoms with Gasteiger partial charge in [-0.05, 0) is 42.5 Å². The molecule has 0 aliphatic heterocycles. The smallest absolute Gasteiger partial charge is 0.242 e. The van der Waals surface area contributed by atoms with Crippen molar-refractivity contribution in [3.63, 3.8) is 0 Å². The van der Waals surface area contributed by atoms with Crippen molar-refractivity contribution in [1.29, 1.82) is 0 Å². The first-order valence-corrected chi connectivity index (χ1v) is 22.1. The average molecular weight is 761 g/mol. The Hall–Kier alpha value is -3.68. The van der Waals surface area contributed by atoms with Gasteiger partial charge in [0.1, 0.15) is 6.04 Å². The van der Waals surface area contributed by atoms with Gasteiger partial charge in [-0.1, -0.05) is 154 Å². The van der Waals surface area contributed by atoms with E-state index >= 15 is 0 Å². The number of carbonyl (C=O) groups is 3. The average Bonchev–Trinajstić information content (AvgIpc) is 3.19. The monoisotopic (exact) mass is 761 g/mol. The van der Waals surface area contributed by atoms with E-state index in [4.69, 9.17) is 0 Å². The van der Waals surface area contributed by atoms with Gasteiger partial charge < -0.3 is 20.9 Å². The maximum absolute atomic E-state index is 13.3. The van der Waals surface area contributed by atoms with E-state index in [-0.39, 0.29) is 37.0 Å². The molecular formula is C47H78N5O3+. The number of benzene rings is 1. The highest BCUT2D eigenvalue weighted by Crippen LogP contribution is 2.15. The van der Waals surface area contributed by atoms with Crippen molar-refractivity contribution in [1.82, 2.24) is 16.0 Å². The summed E-state index contributed by atoms with van der Waals surface area (Å²) in [5.41, 5.74) is 3.37. The zero-order chi connectivity index (χ0) is 39.8. The topological polar surface area (TPSA) is 94.4 Å². The molecule has 3 N–H and O–H groups in total. The number of carbonyl (C=O) groups excluding carboxylic acids is 3. The predicted molar refractivity (Wildman–Crippen MR) is 232 cm³/mol. The molecule has 0 radical (unpaired) electrons. The first kappa shape index (κ1) is 47.5. The molecule has 2 rings (SSSR count). The molecule has 308 valence electrons. The predicted octanol–water partition coefficient (Wildman–Crippen LogP) is 9.94. The highest BCUT2D eigenvalue weighted by molar-refractivity contribution is 5.88. The summed E-state index contributed by atoms with van der Waals surface area (Å²) >= 11 is 0. The summed E-state index contributed by atoms with van der Waals surface area (Å²) in [6.45, 7) is 6.24. The summed E-state index contributed by atoms with van der Waals surface area (Å²) in [7, 11) is 4.06. The maximum atomic E-state index is 13.3. The Kier molecular flexibility index (Phi) is 27.2. The molecule has 1 aromatic heterocycles. The van der Waals surface area contributed by atoms with Crippen LogP contribution in [-0.4, -0.2) is 50.9 Å². The van der Waals surface area contributed by atoms with Crippen LogP contribution in [-0.2, 0) is 20.9 Å². The molecule has 0 aliphatic carbocycles. The fourth-order valence-corrected chi connectivity index (χ4v) is 6.72. The lowest BCUT2D eigenvalue weighted by atomic mass is 10.1. The highest BCUT2D eigenvalue weighted by Gasteiger charge is 2.22. The lowest BCUT2D eigenvalue weighted by molar-refractivity contribution is -0.695. The Morgan fingerprint density at radius 3 is 1.53 bits per heavy atom. The van der Waals surface area contributed by atoms with Crippen molar-refractivity contribution in [2.75, 3.05) is 32.1 Å². The van der Waals surface area contributed by atoms with E-state index in [2.05, 4.69) is 71.1 Å². The number of amides is 3. The van der Waals surface area contributed by atoms with Crippen molar-refractivity contribution >= 4 is 35.6 Å². The quantitative estimate of drug-likeness (QED) is 0.0499. The minimum atomic E-state index is -0.733. The Balaban J connectivity index is 1.78. The third-order valence-corrected chi connectivity index (χ3v) is 10.4. The molecule has 1 aromatic carbocycles. The van der Waals surface area contributed by atoms with Crippen molar-refractivity contribution in [2.45, 2.75) is 174 Å². The summed E-state index contributed by atoms with van der Waals surface area (Å²) in [6.07, 6.45) is 33.7. The summed E-state index contributed by atoms with van der Waals surface area (Å²) in [5.74, 6) is -0.456. The number of aromatic nitrogens is 1. The maximum Gasteiger partial charge on any atom is 0.242 e. The standard InChI is InChI=1S/C47H77N5O3/c1-5-7-9-11-13-15-17-19-21-23-36-48-45(53)32-31-44(47(55)49-37-24-22-20-18-16-14-12-10-8-6-2)50-46(54)35-40-52-38-33-42(34-39-52)26-25-41-27-29-43(30-28-41)51(3)4/h25-30,33-34,38-39,44H,5-24,31-32,35-37,40H2,1-4H3,(H2-,48,49,50,53,54,55)/p+1/t44-/m0/s1. The molecule has 0 fully saturated rings. The second kappa shape index (κ2) is 31.5. The molecular weight excluding hydrogens is 683 g/mol. The highest BCUT2D eigenvalue weighted by atomic mass is 16.2. The van der Waals surface area contributed by atoms with E-state index in [0.717, 1.165) is 36.8 Å². The van der Waals surface area contributed by atoms with Crippen molar-refractivity contribution in [3.8, 4) is 0 Å². The van der Waals surface area contributed by atoms with Crippen LogP contribution in [0, 0.1) is 0 Å². The molecule has 8 nitrogen and oxygen atoms in total. The van der Waals surface area contributed by atoms with E-state index in [9.17, 15) is 14.4 Å². The zero-order valence-electron chi connectivity index (χ0n) is 35.4. The summed E-state index contributed by atoms with van der Waals surface area (Å²) < 4.78 is 1.98. The zero-order valence-corrected chi connectivity index (χ0v) is 35.4. The molecule has 0 saturated heterocycles. The molecule has 0 unspecified atom stereocenters. The molecule has 0 saturated carbocycles. The van der Waals surface area contributed by atoms with Crippen LogP contribution < -0.4 is 25.4 Å². The number of aryl methyl sites for hydroxylation is 1. The van der Waals surface area contributed by atoms with Crippen molar-refractivity contribution in [2.24, 2.45) is 0 Å². The number of anilines is 1. The van der Waals surface area contributed by atoms with Crippen LogP contribution in [0.25, 0.3) is 12.2 Å². The van der Waals surface area contributed by atoms with Crippen LogP contribution >= 0.6 is 0 Å². The van der Waals surface area contributed by atoms with Crippen LogP contribution in [0.15, 0.2) is 48.8 Å². The molecule has 0 aliphatic rings. The van der Waals surface area contributed by atoms with E-state index in [1.165, 1.54) is 108 Å². The molecule has 55 heavy (non-hydrogen) atoms. The second-order valence-corrected chi connectivity index (χ2v) is 15.6. The number of nitrogens with one attached hydrogen (secondary N) is 3. The van der Waals surface area contributed by atoms with E-state index in [1.807, 2.05) is 43.2 Å². The van der Waals surface area contributed by atoms with Gasteiger partial charge in [-0.15, -0.1) is 0 Å². The third kappa shape index (κ3) is 24.4. The molecule has 3 amide bonds. The largest absolute Gasteiger partial charge is 0.378 e. The Labute approximate surface area is 335 Å². The van der Waals surface area contributed by atoms with Gasteiger partial charge in [-0.3, -0.25) is 14.4 Å². The van der Waals surface area contributed by atoms with Gasteiger partial charge in [0.2, 0.25) is 17.7 Å². The van der Waals surface area contributed by atoms with Gasteiger partial charge in [-0.25, -0.2) is 4.57 Å². The van der Waals surface area contributed by atoms with Gasteiger partial charge in [0, 0.05) is 51.4 Å². The first-order valence-electron chi connectivity index (χ1n) is 22.1. The van der Waals surface area contributed by atoms with Gasteiger partial charge in [0.25, 0.3) is 0 Å². The fraction of sp³-hybridized carbons (Fsp3) is 0.660. The summed E-state index contributed by atoms with van der Waals surface area (Å²) in [6, 6.07) is 11.7.